The number of rotatable bonds is 5. The first kappa shape index (κ1) is 33.3. The highest BCUT2D eigenvalue weighted by molar-refractivity contribution is 7.26. The third kappa shape index (κ3) is 4.87. The molecule has 9 aromatic carbocycles. The van der Waals surface area contributed by atoms with Gasteiger partial charge in [-0.2, -0.15) is 0 Å². The quantitative estimate of drug-likeness (QED) is 0.175. The van der Waals surface area contributed by atoms with Gasteiger partial charge in [-0.1, -0.05) is 152 Å². The molecule has 0 amide bonds. The molecule has 1 aliphatic carbocycles. The lowest BCUT2D eigenvalue weighted by molar-refractivity contribution is 1.07. The molecule has 0 spiro atoms. The average Bonchev–Trinajstić information content (AvgIpc) is 3.97. The van der Waals surface area contributed by atoms with Gasteiger partial charge in [0.2, 0.25) is 0 Å². The molecule has 0 saturated carbocycles. The summed E-state index contributed by atoms with van der Waals surface area (Å²) in [5.41, 5.74) is 13.4. The van der Waals surface area contributed by atoms with Gasteiger partial charge in [-0.3, -0.25) is 0 Å². The molecule has 3 aromatic heterocycles. The third-order valence-corrected chi connectivity index (χ3v) is 13.4. The Labute approximate surface area is 349 Å². The van der Waals surface area contributed by atoms with Crippen LogP contribution in [-0.4, -0.2) is 19.5 Å². The molecule has 0 bridgehead atoms. The van der Waals surface area contributed by atoms with E-state index in [1.54, 1.807) is 11.3 Å². The summed E-state index contributed by atoms with van der Waals surface area (Å²) in [5.74, 6) is 1.90. The van der Waals surface area contributed by atoms with Crippen molar-refractivity contribution in [3.8, 4) is 73.2 Å². The molecule has 0 atom stereocenters. The van der Waals surface area contributed by atoms with E-state index in [2.05, 4.69) is 199 Å². The van der Waals surface area contributed by atoms with E-state index in [1.807, 2.05) is 0 Å². The fourth-order valence-corrected chi connectivity index (χ4v) is 10.8. The van der Waals surface area contributed by atoms with Crippen LogP contribution in [0.15, 0.2) is 194 Å². The molecule has 5 heteroatoms. The lowest BCUT2D eigenvalue weighted by Gasteiger charge is -2.16. The predicted molar refractivity (Wildman–Crippen MR) is 251 cm³/mol. The molecule has 0 fully saturated rings. The molecular formula is C55H32N4S. The molecule has 0 radical (unpaired) electrons. The van der Waals surface area contributed by atoms with Gasteiger partial charge in [0.25, 0.3) is 0 Å². The summed E-state index contributed by atoms with van der Waals surface area (Å²) in [4.78, 5) is 16.3. The zero-order valence-corrected chi connectivity index (χ0v) is 33.0. The highest BCUT2D eigenvalue weighted by atomic mass is 32.1. The van der Waals surface area contributed by atoms with E-state index in [4.69, 9.17) is 15.0 Å². The van der Waals surface area contributed by atoms with Gasteiger partial charge in [0, 0.05) is 47.6 Å². The fraction of sp³-hybridized carbons (Fsp3) is 0. The fourth-order valence-electron chi connectivity index (χ4n) is 9.59. The maximum atomic E-state index is 5.44. The van der Waals surface area contributed by atoms with Crippen LogP contribution in [-0.2, 0) is 0 Å². The summed E-state index contributed by atoms with van der Waals surface area (Å²) in [6.07, 6.45) is 0. The van der Waals surface area contributed by atoms with Gasteiger partial charge in [-0.05, 0) is 86.6 Å². The normalized spacial score (nSPS) is 12.0. The maximum absolute atomic E-state index is 5.44. The third-order valence-electron chi connectivity index (χ3n) is 12.2. The van der Waals surface area contributed by atoms with Crippen molar-refractivity contribution in [3.05, 3.63) is 194 Å². The first-order valence-corrected chi connectivity index (χ1v) is 21.1. The molecule has 60 heavy (non-hydrogen) atoms. The predicted octanol–water partition coefficient (Wildman–Crippen LogP) is 14.8. The van der Waals surface area contributed by atoms with E-state index in [0.717, 1.165) is 49.2 Å². The highest BCUT2D eigenvalue weighted by Crippen LogP contribution is 2.49. The topological polar surface area (TPSA) is 43.6 Å². The summed E-state index contributed by atoms with van der Waals surface area (Å²) in [7, 11) is 0. The number of benzene rings is 9. The van der Waals surface area contributed by atoms with Gasteiger partial charge in [0.15, 0.2) is 17.5 Å². The Morgan fingerprint density at radius 1 is 0.350 bits per heavy atom. The van der Waals surface area contributed by atoms with Crippen molar-refractivity contribution in [3.63, 3.8) is 0 Å². The van der Waals surface area contributed by atoms with E-state index in [-0.39, 0.29) is 0 Å². The minimum Gasteiger partial charge on any atom is -0.309 e. The van der Waals surface area contributed by atoms with E-state index < -0.39 is 0 Å². The van der Waals surface area contributed by atoms with Gasteiger partial charge in [0.05, 0.1) is 16.7 Å². The molecule has 1 aliphatic rings. The first-order chi connectivity index (χ1) is 29.8. The van der Waals surface area contributed by atoms with Crippen LogP contribution in [0.5, 0.6) is 0 Å². The Morgan fingerprint density at radius 3 is 1.65 bits per heavy atom. The van der Waals surface area contributed by atoms with Crippen LogP contribution >= 0.6 is 11.3 Å². The second kappa shape index (κ2) is 12.9. The number of thiophene rings is 1. The molecule has 0 N–H and O–H groups in total. The van der Waals surface area contributed by atoms with Gasteiger partial charge in [0.1, 0.15) is 0 Å². The summed E-state index contributed by atoms with van der Waals surface area (Å²) >= 11 is 1.79. The number of hydrogen-bond donors (Lipinski definition) is 0. The van der Waals surface area contributed by atoms with Crippen molar-refractivity contribution in [2.45, 2.75) is 0 Å². The smallest absolute Gasteiger partial charge is 0.166 e. The number of aromatic nitrogens is 4. The molecule has 0 aliphatic heterocycles. The molecule has 0 saturated heterocycles. The average molecular weight is 781 g/mol. The number of hydrogen-bond acceptors (Lipinski definition) is 4. The van der Waals surface area contributed by atoms with Crippen molar-refractivity contribution >= 4 is 64.1 Å². The van der Waals surface area contributed by atoms with Crippen molar-refractivity contribution in [2.24, 2.45) is 0 Å². The SMILES string of the molecule is c1ccc(-c2nc(-c3ccccc3-n3c4ccccc4c4ccccc43)nc(-c3cccc4c3sc3ccccc34)n2)c(-c2ccc3c(c2)-c2cccc4cccc-3c24)c1. The Morgan fingerprint density at radius 2 is 0.883 bits per heavy atom. The first-order valence-electron chi connectivity index (χ1n) is 20.3. The van der Waals surface area contributed by atoms with Crippen molar-refractivity contribution in [2.75, 3.05) is 0 Å². The number of para-hydroxylation sites is 3. The monoisotopic (exact) mass is 780 g/mol. The summed E-state index contributed by atoms with van der Waals surface area (Å²) in [6, 6.07) is 69.5. The van der Waals surface area contributed by atoms with Crippen LogP contribution in [0.2, 0.25) is 0 Å². The van der Waals surface area contributed by atoms with Crippen LogP contribution in [0, 0.1) is 0 Å². The largest absolute Gasteiger partial charge is 0.309 e. The highest BCUT2D eigenvalue weighted by Gasteiger charge is 2.24. The molecule has 4 nitrogen and oxygen atoms in total. The minimum absolute atomic E-state index is 0.622. The van der Waals surface area contributed by atoms with Crippen LogP contribution in [0.25, 0.3) is 126 Å². The van der Waals surface area contributed by atoms with E-state index in [1.165, 1.54) is 59.3 Å². The minimum atomic E-state index is 0.622. The summed E-state index contributed by atoms with van der Waals surface area (Å²) in [6.45, 7) is 0. The Bertz CT molecular complexity index is 3680. The van der Waals surface area contributed by atoms with Crippen LogP contribution in [0.3, 0.4) is 0 Å². The number of nitrogens with zero attached hydrogens (tertiary/aromatic N) is 4. The zero-order valence-electron chi connectivity index (χ0n) is 32.2. The molecular weight excluding hydrogens is 749 g/mol. The van der Waals surface area contributed by atoms with Crippen molar-refractivity contribution < 1.29 is 0 Å². The Hall–Kier alpha value is -7.73. The second-order valence-corrected chi connectivity index (χ2v) is 16.5. The lowest BCUT2D eigenvalue weighted by Crippen LogP contribution is -2.04. The van der Waals surface area contributed by atoms with Crippen LogP contribution < -0.4 is 0 Å². The Kier molecular flexibility index (Phi) is 7.14. The molecule has 12 aromatic rings. The molecule has 0 unspecified atom stereocenters. The standard InChI is InChI=1S/C55H32N4S/c1-2-20-43(35(16-1)34-30-31-36-40-22-11-14-33-15-12-23-41(51(33)40)46(36)32-34)53-56-54(58-55(57-53)45-25-13-24-42-39-19-6-10-29-50(39)60-52(42)45)44-21-5-9-28-49(44)59-47-26-7-3-17-37(47)38-18-4-8-27-48(38)59/h1-32H. The van der Waals surface area contributed by atoms with Crippen molar-refractivity contribution in [1.29, 1.82) is 0 Å². The van der Waals surface area contributed by atoms with Gasteiger partial charge < -0.3 is 4.57 Å². The molecule has 3 heterocycles. The van der Waals surface area contributed by atoms with Gasteiger partial charge in [-0.15, -0.1) is 11.3 Å². The number of fused-ring (bicyclic) bond motifs is 9. The Balaban J connectivity index is 1.06. The van der Waals surface area contributed by atoms with Crippen LogP contribution in [0.1, 0.15) is 0 Å². The van der Waals surface area contributed by atoms with E-state index in [9.17, 15) is 0 Å². The van der Waals surface area contributed by atoms with Crippen LogP contribution in [0.4, 0.5) is 0 Å². The van der Waals surface area contributed by atoms with Gasteiger partial charge >= 0.3 is 0 Å². The van der Waals surface area contributed by atoms with Gasteiger partial charge in [-0.25, -0.2) is 15.0 Å². The summed E-state index contributed by atoms with van der Waals surface area (Å²) < 4.78 is 4.76. The lowest BCUT2D eigenvalue weighted by atomic mass is 9.94. The molecule has 278 valence electrons. The van der Waals surface area contributed by atoms with E-state index in [0.29, 0.717) is 17.5 Å². The zero-order chi connectivity index (χ0) is 39.3. The molecule has 13 rings (SSSR count). The summed E-state index contributed by atoms with van der Waals surface area (Å²) in [5, 5.41) is 7.45. The maximum Gasteiger partial charge on any atom is 0.166 e. The van der Waals surface area contributed by atoms with E-state index >= 15 is 0 Å². The second-order valence-electron chi connectivity index (χ2n) is 15.5. The van der Waals surface area contributed by atoms with Crippen molar-refractivity contribution in [1.82, 2.24) is 19.5 Å².